The molecule has 0 radical (unpaired) electrons. The number of hydrogen-bond acceptors (Lipinski definition) is 4. The van der Waals surface area contributed by atoms with Crippen molar-refractivity contribution in [3.63, 3.8) is 0 Å². The number of nitrogens with zero attached hydrogens (tertiary/aromatic N) is 4. The molecule has 0 N–H and O–H groups in total. The molecule has 2 aliphatic heterocycles. The summed E-state index contributed by atoms with van der Waals surface area (Å²) in [6.07, 6.45) is 0. The predicted octanol–water partition coefficient (Wildman–Crippen LogP) is 20.2. The highest BCUT2D eigenvalue weighted by Gasteiger charge is 2.45. The van der Waals surface area contributed by atoms with Gasteiger partial charge < -0.3 is 23.7 Å². The summed E-state index contributed by atoms with van der Waals surface area (Å²) in [4.78, 5) is 7.74. The summed E-state index contributed by atoms with van der Waals surface area (Å²) in [6.45, 7) is 32.3. The number of benzene rings is 10. The molecule has 14 rings (SSSR count). The summed E-state index contributed by atoms with van der Waals surface area (Å²) in [5.41, 5.74) is 29.7. The van der Waals surface area contributed by atoms with E-state index in [0.717, 1.165) is 56.2 Å². The van der Waals surface area contributed by atoms with Crippen LogP contribution < -0.4 is 31.1 Å². The third-order valence-electron chi connectivity index (χ3n) is 18.2. The first kappa shape index (κ1) is 54.0. The molecule has 0 bridgehead atoms. The maximum Gasteiger partial charge on any atom is 0.252 e. The largest absolute Gasteiger partial charge is 0.456 e. The highest BCUT2D eigenvalue weighted by Crippen LogP contribution is 2.51. The molecule has 0 atom stereocenters. The highest BCUT2D eigenvalue weighted by molar-refractivity contribution is 7.00. The van der Waals surface area contributed by atoms with Gasteiger partial charge in [0.25, 0.3) is 6.71 Å². The van der Waals surface area contributed by atoms with Crippen molar-refractivity contribution in [2.75, 3.05) is 14.7 Å². The molecule has 0 unspecified atom stereocenters. The smallest absolute Gasteiger partial charge is 0.252 e. The third-order valence-corrected chi connectivity index (χ3v) is 18.2. The topological polar surface area (TPSA) is 27.8 Å². The van der Waals surface area contributed by atoms with Crippen LogP contribution in [-0.4, -0.2) is 11.3 Å². The Bertz CT molecular complexity index is 4590. The fourth-order valence-electron chi connectivity index (χ4n) is 14.0. The molecule has 0 fully saturated rings. The number of furan rings is 1. The van der Waals surface area contributed by atoms with Crippen molar-refractivity contribution in [2.45, 2.75) is 113 Å². The molecule has 0 saturated heterocycles. The lowest BCUT2D eigenvalue weighted by atomic mass is 9.33. The Hall–Kier alpha value is -9.00. The minimum Gasteiger partial charge on any atom is -0.456 e. The molecular weight excluding hydrogens is 1030 g/mol. The maximum atomic E-state index is 6.60. The number of fused-ring (bicyclic) bond motifs is 8. The lowest BCUT2D eigenvalue weighted by Gasteiger charge is -2.45. The lowest BCUT2D eigenvalue weighted by Crippen LogP contribution is -2.61. The van der Waals surface area contributed by atoms with Crippen molar-refractivity contribution < 1.29 is 4.42 Å². The molecule has 0 saturated carbocycles. The van der Waals surface area contributed by atoms with Crippen LogP contribution in [-0.2, 0) is 16.2 Å². The molecule has 2 aromatic heterocycles. The van der Waals surface area contributed by atoms with E-state index in [1.807, 2.05) is 6.07 Å². The Balaban J connectivity index is 1.06. The van der Waals surface area contributed by atoms with Crippen molar-refractivity contribution in [3.05, 3.63) is 245 Å². The van der Waals surface area contributed by atoms with Crippen LogP contribution in [0.3, 0.4) is 0 Å². The number of anilines is 9. The van der Waals surface area contributed by atoms with Gasteiger partial charge in [-0.25, -0.2) is 0 Å². The molecule has 420 valence electrons. The van der Waals surface area contributed by atoms with Gasteiger partial charge in [-0.05, 0) is 209 Å². The summed E-state index contributed by atoms with van der Waals surface area (Å²) in [6, 6.07) is 75.8. The van der Waals surface area contributed by atoms with Crippen LogP contribution in [0.2, 0.25) is 0 Å². The number of hydrogen-bond donors (Lipinski definition) is 0. The number of rotatable bonds is 7. The van der Waals surface area contributed by atoms with E-state index >= 15 is 0 Å². The van der Waals surface area contributed by atoms with Gasteiger partial charge >= 0.3 is 0 Å². The van der Waals surface area contributed by atoms with E-state index in [0.29, 0.717) is 0 Å². The van der Waals surface area contributed by atoms with Gasteiger partial charge in [-0.1, -0.05) is 165 Å². The van der Waals surface area contributed by atoms with Gasteiger partial charge in [-0.3, -0.25) is 0 Å². The molecular formula is C79H75BN4O. The third kappa shape index (κ3) is 8.89. The van der Waals surface area contributed by atoms with E-state index < -0.39 is 0 Å². The summed E-state index contributed by atoms with van der Waals surface area (Å²) < 4.78 is 9.04. The van der Waals surface area contributed by atoms with Gasteiger partial charge in [0.1, 0.15) is 11.3 Å². The van der Waals surface area contributed by atoms with Crippen LogP contribution in [0.4, 0.5) is 51.2 Å². The average Bonchev–Trinajstić information content (AvgIpc) is 1.35. The zero-order valence-corrected chi connectivity index (χ0v) is 51.8. The molecule has 4 heterocycles. The number of para-hydroxylation sites is 3. The van der Waals surface area contributed by atoms with Gasteiger partial charge in [0.15, 0.2) is 0 Å². The Morgan fingerprint density at radius 3 is 1.69 bits per heavy atom. The van der Waals surface area contributed by atoms with Gasteiger partial charge in [0.2, 0.25) is 0 Å². The van der Waals surface area contributed by atoms with Gasteiger partial charge in [-0.2, -0.15) is 0 Å². The summed E-state index contributed by atoms with van der Waals surface area (Å²) in [5.74, 6) is 0.870. The van der Waals surface area contributed by atoms with Crippen molar-refractivity contribution in [1.82, 2.24) is 4.57 Å². The van der Waals surface area contributed by atoms with Crippen LogP contribution in [0.15, 0.2) is 205 Å². The average molecular weight is 1110 g/mol. The Morgan fingerprint density at radius 1 is 0.412 bits per heavy atom. The van der Waals surface area contributed by atoms with Crippen LogP contribution in [0, 0.1) is 34.6 Å². The summed E-state index contributed by atoms with van der Waals surface area (Å²) >= 11 is 0. The van der Waals surface area contributed by atoms with Gasteiger partial charge in [0, 0.05) is 67.2 Å². The normalized spacial score (nSPS) is 13.2. The first-order valence-corrected chi connectivity index (χ1v) is 30.3. The van der Waals surface area contributed by atoms with Crippen molar-refractivity contribution in [1.29, 1.82) is 0 Å². The number of aryl methyl sites for hydroxylation is 5. The predicted molar refractivity (Wildman–Crippen MR) is 364 cm³/mol. The molecule has 0 aliphatic carbocycles. The first-order chi connectivity index (χ1) is 40.6. The highest BCUT2D eigenvalue weighted by atomic mass is 16.3. The second-order valence-corrected chi connectivity index (χ2v) is 27.4. The second-order valence-electron chi connectivity index (χ2n) is 27.4. The molecule has 6 heteroatoms. The minimum atomic E-state index is -0.0835. The molecule has 85 heavy (non-hydrogen) atoms. The Morgan fingerprint density at radius 2 is 1.01 bits per heavy atom. The Kier molecular flexibility index (Phi) is 12.4. The van der Waals surface area contributed by atoms with Crippen molar-refractivity contribution in [2.24, 2.45) is 0 Å². The van der Waals surface area contributed by atoms with E-state index in [1.54, 1.807) is 0 Å². The lowest BCUT2D eigenvalue weighted by molar-refractivity contribution is 0.589. The van der Waals surface area contributed by atoms with Crippen molar-refractivity contribution in [3.8, 4) is 17.0 Å². The SMILES string of the molecule is Cc1cc2c3c(c1)N(c1c(C)cc(-c4cc5ccccc5o4)cc1C)c1cc(N(c4ccc5c6ccccc6n(-c6ccccc6)c5c4)c4c(C)cc(C(C)(C)C)cc4C)ccc1B3c1cc(C(C)(C)C)ccc1N2c1ccc(C(C)(C)C)cc1. The monoisotopic (exact) mass is 1110 g/mol. The molecule has 10 aromatic carbocycles. The second kappa shape index (κ2) is 19.5. The first-order valence-electron chi connectivity index (χ1n) is 30.3. The van der Waals surface area contributed by atoms with Crippen LogP contribution in [0.5, 0.6) is 0 Å². The maximum absolute atomic E-state index is 6.60. The molecule has 5 nitrogen and oxygen atoms in total. The van der Waals surface area contributed by atoms with Crippen LogP contribution in [0.25, 0.3) is 49.8 Å². The molecule has 2 aliphatic rings. The van der Waals surface area contributed by atoms with Crippen LogP contribution >= 0.6 is 0 Å². The van der Waals surface area contributed by atoms with Crippen molar-refractivity contribution >= 4 is 107 Å². The number of aromatic nitrogens is 1. The van der Waals surface area contributed by atoms with Gasteiger partial charge in [0.05, 0.1) is 22.4 Å². The standard InChI is InChI=1S/C79H75BN4O/c1-48-38-70-74-71(39-48)84(76-49(2)40-54(41-50(76)3)73-44-53-22-18-21-27-72(53)85-73)69-47-61(34-36-64(69)80(74)65-45-56(78(9,10)11)30-37-67(65)83(70)59-31-28-55(29-32-59)77(6,7)8)81(75-51(4)42-57(43-52(75)5)79(12,13)14)60-33-35-63-62-25-19-20-26-66(62)82(68(63)46-60)58-23-16-15-17-24-58/h15-47H,1-14H3. The van der Waals surface area contributed by atoms with E-state index in [-0.39, 0.29) is 23.0 Å². The van der Waals surface area contributed by atoms with E-state index in [4.69, 9.17) is 4.42 Å². The quantitative estimate of drug-likeness (QED) is 0.149. The summed E-state index contributed by atoms with van der Waals surface area (Å²) in [5, 5.41) is 3.56. The molecule has 12 aromatic rings. The van der Waals surface area contributed by atoms with E-state index in [2.05, 4.69) is 310 Å². The molecule has 0 amide bonds. The summed E-state index contributed by atoms with van der Waals surface area (Å²) in [7, 11) is 0. The fourth-order valence-corrected chi connectivity index (χ4v) is 14.0. The molecule has 0 spiro atoms. The zero-order chi connectivity index (χ0) is 59.2. The minimum absolute atomic E-state index is 0.0179. The Labute approximate surface area is 502 Å². The van der Waals surface area contributed by atoms with Gasteiger partial charge in [-0.15, -0.1) is 0 Å². The zero-order valence-electron chi connectivity index (χ0n) is 51.8. The van der Waals surface area contributed by atoms with Crippen LogP contribution in [0.1, 0.15) is 107 Å². The van der Waals surface area contributed by atoms with E-state index in [9.17, 15) is 0 Å². The van der Waals surface area contributed by atoms with E-state index in [1.165, 1.54) is 106 Å². The fraction of sp³-hybridized carbons (Fsp3) is 0.215.